The molecular formula is C13H8BrNO. The molecule has 0 radical (unpaired) electrons. The first-order valence-corrected chi connectivity index (χ1v) is 5.71. The molecule has 3 heteroatoms. The van der Waals surface area contributed by atoms with Gasteiger partial charge in [-0.3, -0.25) is 4.98 Å². The second kappa shape index (κ2) is 3.76. The van der Waals surface area contributed by atoms with Crippen LogP contribution in [0.4, 0.5) is 0 Å². The lowest BCUT2D eigenvalue weighted by atomic mass is 10.0. The molecule has 0 N–H and O–H groups in total. The molecule has 3 rings (SSSR count). The number of nitrogens with zero attached hydrogens (tertiary/aromatic N) is 1. The molecule has 0 aliphatic heterocycles. The molecule has 2 aromatic heterocycles. The van der Waals surface area contributed by atoms with Crippen LogP contribution in [0.25, 0.3) is 22.1 Å². The Labute approximate surface area is 101 Å². The number of fused-ring (bicyclic) bond motifs is 1. The van der Waals surface area contributed by atoms with Crippen LogP contribution in [0.3, 0.4) is 0 Å². The molecule has 0 atom stereocenters. The fourth-order valence-corrected chi connectivity index (χ4v) is 2.25. The molecule has 1 aromatic carbocycles. The number of hydrogen-bond donors (Lipinski definition) is 0. The lowest BCUT2D eigenvalue weighted by Gasteiger charge is -2.05. The predicted molar refractivity (Wildman–Crippen MR) is 67.1 cm³/mol. The van der Waals surface area contributed by atoms with E-state index in [0.29, 0.717) is 0 Å². The van der Waals surface area contributed by atoms with Crippen molar-refractivity contribution in [3.8, 4) is 11.3 Å². The molecule has 3 aromatic rings. The molecule has 78 valence electrons. The number of hydrogen-bond acceptors (Lipinski definition) is 2. The standard InChI is InChI=1S/C13H8BrNO/c14-12-4-3-10(13-2-1-7-16-13)9-5-6-15-8-11(9)12/h1-8H. The van der Waals surface area contributed by atoms with Crippen LogP contribution in [-0.2, 0) is 0 Å². The van der Waals surface area contributed by atoms with E-state index in [0.717, 1.165) is 26.6 Å². The van der Waals surface area contributed by atoms with Crippen LogP contribution in [0.1, 0.15) is 0 Å². The topological polar surface area (TPSA) is 26.0 Å². The maximum Gasteiger partial charge on any atom is 0.134 e. The Morgan fingerprint density at radius 3 is 2.81 bits per heavy atom. The average molecular weight is 274 g/mol. The van der Waals surface area contributed by atoms with Crippen LogP contribution in [0.15, 0.2) is 57.9 Å². The van der Waals surface area contributed by atoms with Gasteiger partial charge in [-0.1, -0.05) is 15.9 Å². The van der Waals surface area contributed by atoms with Crippen LogP contribution in [0, 0.1) is 0 Å². The van der Waals surface area contributed by atoms with E-state index < -0.39 is 0 Å². The normalized spacial score (nSPS) is 10.8. The summed E-state index contributed by atoms with van der Waals surface area (Å²) in [5, 5.41) is 2.23. The van der Waals surface area contributed by atoms with E-state index in [1.165, 1.54) is 0 Å². The summed E-state index contributed by atoms with van der Waals surface area (Å²) >= 11 is 3.52. The highest BCUT2D eigenvalue weighted by Crippen LogP contribution is 2.32. The summed E-state index contributed by atoms with van der Waals surface area (Å²) in [5.41, 5.74) is 1.09. The third-order valence-electron chi connectivity index (χ3n) is 2.55. The highest BCUT2D eigenvalue weighted by molar-refractivity contribution is 9.10. The van der Waals surface area contributed by atoms with Gasteiger partial charge in [0.05, 0.1) is 6.26 Å². The third-order valence-corrected chi connectivity index (χ3v) is 3.24. The fourth-order valence-electron chi connectivity index (χ4n) is 1.80. The molecule has 0 amide bonds. The van der Waals surface area contributed by atoms with Crippen LogP contribution in [0.5, 0.6) is 0 Å². The molecule has 0 aliphatic carbocycles. The van der Waals surface area contributed by atoms with Crippen molar-refractivity contribution in [3.05, 3.63) is 53.5 Å². The van der Waals surface area contributed by atoms with Gasteiger partial charge in [0.25, 0.3) is 0 Å². The Kier molecular flexibility index (Phi) is 2.26. The van der Waals surface area contributed by atoms with E-state index in [4.69, 9.17) is 4.42 Å². The quantitative estimate of drug-likeness (QED) is 0.662. The molecule has 2 heterocycles. The first-order valence-electron chi connectivity index (χ1n) is 4.92. The van der Waals surface area contributed by atoms with Gasteiger partial charge in [-0.2, -0.15) is 0 Å². The number of furan rings is 1. The molecular weight excluding hydrogens is 266 g/mol. The van der Waals surface area contributed by atoms with Crippen molar-refractivity contribution < 1.29 is 4.42 Å². The molecule has 0 saturated heterocycles. The van der Waals surface area contributed by atoms with Crippen molar-refractivity contribution in [1.29, 1.82) is 0 Å². The SMILES string of the molecule is Brc1ccc(-c2ccco2)c2ccncc12. The molecule has 2 nitrogen and oxygen atoms in total. The van der Waals surface area contributed by atoms with Crippen molar-refractivity contribution in [1.82, 2.24) is 4.98 Å². The van der Waals surface area contributed by atoms with Gasteiger partial charge >= 0.3 is 0 Å². The Morgan fingerprint density at radius 2 is 2.00 bits per heavy atom. The summed E-state index contributed by atoms with van der Waals surface area (Å²) in [7, 11) is 0. The average Bonchev–Trinajstić information content (AvgIpc) is 2.83. The number of rotatable bonds is 1. The van der Waals surface area contributed by atoms with Gasteiger partial charge in [0, 0.05) is 27.8 Å². The van der Waals surface area contributed by atoms with Crippen LogP contribution in [0.2, 0.25) is 0 Å². The van der Waals surface area contributed by atoms with Crippen molar-refractivity contribution in [3.63, 3.8) is 0 Å². The minimum Gasteiger partial charge on any atom is -0.464 e. The number of aromatic nitrogens is 1. The van der Waals surface area contributed by atoms with E-state index in [1.54, 1.807) is 12.5 Å². The van der Waals surface area contributed by atoms with Gasteiger partial charge in [-0.05, 0) is 35.7 Å². The monoisotopic (exact) mass is 273 g/mol. The Bertz CT molecular complexity index is 631. The van der Waals surface area contributed by atoms with Crippen LogP contribution >= 0.6 is 15.9 Å². The lowest BCUT2D eigenvalue weighted by Crippen LogP contribution is -1.82. The van der Waals surface area contributed by atoms with Crippen molar-refractivity contribution >= 4 is 26.7 Å². The summed E-state index contributed by atoms with van der Waals surface area (Å²) in [6, 6.07) is 9.92. The van der Waals surface area contributed by atoms with Gasteiger partial charge in [0.1, 0.15) is 5.76 Å². The maximum absolute atomic E-state index is 5.43. The zero-order chi connectivity index (χ0) is 11.0. The molecule has 16 heavy (non-hydrogen) atoms. The predicted octanol–water partition coefficient (Wildman–Crippen LogP) is 4.26. The maximum atomic E-state index is 5.43. The highest BCUT2D eigenvalue weighted by atomic mass is 79.9. The van der Waals surface area contributed by atoms with Crippen molar-refractivity contribution in [2.45, 2.75) is 0 Å². The van der Waals surface area contributed by atoms with Gasteiger partial charge in [0.2, 0.25) is 0 Å². The van der Waals surface area contributed by atoms with E-state index in [9.17, 15) is 0 Å². The summed E-state index contributed by atoms with van der Waals surface area (Å²) in [4.78, 5) is 4.14. The Morgan fingerprint density at radius 1 is 1.06 bits per heavy atom. The zero-order valence-electron chi connectivity index (χ0n) is 8.35. The minimum atomic E-state index is 0.878. The van der Waals surface area contributed by atoms with Gasteiger partial charge in [-0.15, -0.1) is 0 Å². The largest absolute Gasteiger partial charge is 0.464 e. The number of pyridine rings is 1. The Balaban J connectivity index is 2.39. The molecule has 0 spiro atoms. The van der Waals surface area contributed by atoms with Crippen LogP contribution < -0.4 is 0 Å². The highest BCUT2D eigenvalue weighted by Gasteiger charge is 2.07. The Hall–Kier alpha value is -1.61. The van der Waals surface area contributed by atoms with E-state index in [1.807, 2.05) is 36.5 Å². The third kappa shape index (κ3) is 1.44. The minimum absolute atomic E-state index is 0.878. The van der Waals surface area contributed by atoms with Crippen molar-refractivity contribution in [2.75, 3.05) is 0 Å². The van der Waals surface area contributed by atoms with Crippen LogP contribution in [-0.4, -0.2) is 4.98 Å². The molecule has 0 aliphatic rings. The summed E-state index contributed by atoms with van der Waals surface area (Å²) in [5.74, 6) is 0.878. The second-order valence-electron chi connectivity index (χ2n) is 3.49. The number of halogens is 1. The first-order chi connectivity index (χ1) is 7.86. The lowest BCUT2D eigenvalue weighted by molar-refractivity contribution is 0.583. The van der Waals surface area contributed by atoms with Gasteiger partial charge < -0.3 is 4.42 Å². The molecule has 0 unspecified atom stereocenters. The van der Waals surface area contributed by atoms with E-state index in [-0.39, 0.29) is 0 Å². The van der Waals surface area contributed by atoms with Gasteiger partial charge in [-0.25, -0.2) is 0 Å². The number of benzene rings is 1. The van der Waals surface area contributed by atoms with Gasteiger partial charge in [0.15, 0.2) is 0 Å². The van der Waals surface area contributed by atoms with Crippen molar-refractivity contribution in [2.24, 2.45) is 0 Å². The first kappa shape index (κ1) is 9.60. The molecule has 0 fully saturated rings. The van der Waals surface area contributed by atoms with E-state index in [2.05, 4.69) is 20.9 Å². The molecule has 0 bridgehead atoms. The summed E-state index contributed by atoms with van der Waals surface area (Å²) in [6.45, 7) is 0. The van der Waals surface area contributed by atoms with E-state index >= 15 is 0 Å². The molecule has 0 saturated carbocycles. The summed E-state index contributed by atoms with van der Waals surface area (Å²) < 4.78 is 6.48. The second-order valence-corrected chi connectivity index (χ2v) is 4.35. The zero-order valence-corrected chi connectivity index (χ0v) is 9.94. The smallest absolute Gasteiger partial charge is 0.134 e. The summed E-state index contributed by atoms with van der Waals surface area (Å²) in [6.07, 6.45) is 5.33. The fraction of sp³-hybridized carbons (Fsp3) is 0.